The van der Waals surface area contributed by atoms with Crippen LogP contribution in [0.1, 0.15) is 12.5 Å². The van der Waals surface area contributed by atoms with Crippen molar-refractivity contribution in [3.05, 3.63) is 35.0 Å². The molecule has 0 bridgehead atoms. The monoisotopic (exact) mass is 259 g/mol. The van der Waals surface area contributed by atoms with E-state index in [-0.39, 0.29) is 0 Å². The molecule has 1 aromatic heterocycles. The number of nitrogens with one attached hydrogen (secondary N) is 1. The SMILES string of the molecule is CNC(C)C1=Nc2ccc3nc(Cl)ccc3c2C1. The number of hydrogen-bond acceptors (Lipinski definition) is 3. The summed E-state index contributed by atoms with van der Waals surface area (Å²) in [6.45, 7) is 2.13. The molecule has 1 aliphatic heterocycles. The lowest BCUT2D eigenvalue weighted by Crippen LogP contribution is -2.30. The van der Waals surface area contributed by atoms with Gasteiger partial charge in [-0.1, -0.05) is 11.6 Å². The van der Waals surface area contributed by atoms with Gasteiger partial charge in [-0.25, -0.2) is 4.98 Å². The molecule has 92 valence electrons. The summed E-state index contributed by atoms with van der Waals surface area (Å²) in [5.74, 6) is 0. The van der Waals surface area contributed by atoms with Gasteiger partial charge in [-0.3, -0.25) is 4.99 Å². The number of rotatable bonds is 2. The summed E-state index contributed by atoms with van der Waals surface area (Å²) < 4.78 is 0. The smallest absolute Gasteiger partial charge is 0.129 e. The number of fused-ring (bicyclic) bond motifs is 3. The second-order valence-electron chi connectivity index (χ2n) is 4.55. The molecule has 0 saturated heterocycles. The van der Waals surface area contributed by atoms with Crippen LogP contribution in [0.3, 0.4) is 0 Å². The summed E-state index contributed by atoms with van der Waals surface area (Å²) in [4.78, 5) is 9.03. The Kier molecular flexibility index (Phi) is 2.80. The van der Waals surface area contributed by atoms with E-state index in [1.54, 1.807) is 0 Å². The summed E-state index contributed by atoms with van der Waals surface area (Å²) >= 11 is 5.92. The standard InChI is InChI=1S/C14H14ClN3/c1-8(16-2)13-7-10-9-3-6-14(15)18-11(9)4-5-12(10)17-13/h3-6,8,16H,7H2,1-2H3. The number of benzene rings is 1. The molecular weight excluding hydrogens is 246 g/mol. The lowest BCUT2D eigenvalue weighted by atomic mass is 10.0. The number of aromatic nitrogens is 1. The Hall–Kier alpha value is -1.45. The third-order valence-corrected chi connectivity index (χ3v) is 3.69. The summed E-state index contributed by atoms with van der Waals surface area (Å²) in [6.07, 6.45) is 0.887. The van der Waals surface area contributed by atoms with Gasteiger partial charge in [-0.05, 0) is 43.8 Å². The molecule has 4 heteroatoms. The topological polar surface area (TPSA) is 37.3 Å². The van der Waals surface area contributed by atoms with Crippen molar-refractivity contribution in [2.45, 2.75) is 19.4 Å². The van der Waals surface area contributed by atoms with Crippen LogP contribution in [0.4, 0.5) is 5.69 Å². The van der Waals surface area contributed by atoms with Crippen molar-refractivity contribution < 1.29 is 0 Å². The molecule has 2 aromatic rings. The predicted molar refractivity (Wildman–Crippen MR) is 76.1 cm³/mol. The van der Waals surface area contributed by atoms with Gasteiger partial charge in [0.25, 0.3) is 0 Å². The summed E-state index contributed by atoms with van der Waals surface area (Å²) in [5, 5.41) is 4.92. The molecule has 0 saturated carbocycles. The van der Waals surface area contributed by atoms with Gasteiger partial charge in [0.15, 0.2) is 0 Å². The fraction of sp³-hybridized carbons (Fsp3) is 0.286. The minimum absolute atomic E-state index is 0.299. The largest absolute Gasteiger partial charge is 0.312 e. The zero-order valence-electron chi connectivity index (χ0n) is 10.4. The molecule has 18 heavy (non-hydrogen) atoms. The van der Waals surface area contributed by atoms with Gasteiger partial charge in [0.2, 0.25) is 0 Å². The van der Waals surface area contributed by atoms with E-state index in [0.717, 1.165) is 23.0 Å². The van der Waals surface area contributed by atoms with Crippen LogP contribution in [0.2, 0.25) is 5.15 Å². The molecule has 1 aromatic carbocycles. The van der Waals surface area contributed by atoms with Gasteiger partial charge in [-0.2, -0.15) is 0 Å². The Morgan fingerprint density at radius 2 is 2.11 bits per heavy atom. The van der Waals surface area contributed by atoms with E-state index < -0.39 is 0 Å². The predicted octanol–water partition coefficient (Wildman–Crippen LogP) is 3.12. The van der Waals surface area contributed by atoms with E-state index in [1.165, 1.54) is 11.3 Å². The third-order valence-electron chi connectivity index (χ3n) is 3.48. The average molecular weight is 260 g/mol. The first-order valence-corrected chi connectivity index (χ1v) is 6.39. The molecule has 0 fully saturated rings. The molecule has 0 radical (unpaired) electrons. The molecule has 1 unspecified atom stereocenters. The summed E-state index contributed by atoms with van der Waals surface area (Å²) in [5.41, 5.74) is 4.43. The molecule has 0 spiro atoms. The van der Waals surface area contributed by atoms with Crippen LogP contribution >= 0.6 is 11.6 Å². The summed E-state index contributed by atoms with van der Waals surface area (Å²) in [7, 11) is 1.95. The molecule has 0 amide bonds. The highest BCUT2D eigenvalue weighted by atomic mass is 35.5. The second-order valence-corrected chi connectivity index (χ2v) is 4.94. The molecule has 1 aliphatic rings. The molecule has 1 atom stereocenters. The first-order chi connectivity index (χ1) is 8.69. The fourth-order valence-electron chi connectivity index (χ4n) is 2.31. The number of nitrogens with zero attached hydrogens (tertiary/aromatic N) is 2. The van der Waals surface area contributed by atoms with Crippen LogP contribution < -0.4 is 5.32 Å². The Bertz CT molecular complexity index is 649. The highest BCUT2D eigenvalue weighted by molar-refractivity contribution is 6.29. The van der Waals surface area contributed by atoms with E-state index in [1.807, 2.05) is 31.3 Å². The van der Waals surface area contributed by atoms with Crippen LogP contribution in [-0.2, 0) is 6.42 Å². The first kappa shape index (κ1) is 11.6. The highest BCUT2D eigenvalue weighted by Gasteiger charge is 2.20. The van der Waals surface area contributed by atoms with Crippen LogP contribution in [0.25, 0.3) is 10.9 Å². The van der Waals surface area contributed by atoms with Crippen molar-refractivity contribution in [2.75, 3.05) is 7.05 Å². The lowest BCUT2D eigenvalue weighted by Gasteiger charge is -2.09. The Morgan fingerprint density at radius 3 is 2.89 bits per heavy atom. The Morgan fingerprint density at radius 1 is 1.28 bits per heavy atom. The quantitative estimate of drug-likeness (QED) is 0.842. The molecule has 2 heterocycles. The van der Waals surface area contributed by atoms with Crippen molar-refractivity contribution in [1.29, 1.82) is 0 Å². The van der Waals surface area contributed by atoms with E-state index >= 15 is 0 Å². The van der Waals surface area contributed by atoms with Crippen LogP contribution in [0, 0.1) is 0 Å². The van der Waals surface area contributed by atoms with Gasteiger partial charge >= 0.3 is 0 Å². The first-order valence-electron chi connectivity index (χ1n) is 6.02. The van der Waals surface area contributed by atoms with Crippen molar-refractivity contribution in [3.63, 3.8) is 0 Å². The maximum Gasteiger partial charge on any atom is 0.129 e. The summed E-state index contributed by atoms with van der Waals surface area (Å²) in [6, 6.07) is 8.18. The van der Waals surface area contributed by atoms with Crippen molar-refractivity contribution in [2.24, 2.45) is 4.99 Å². The minimum atomic E-state index is 0.299. The van der Waals surface area contributed by atoms with Crippen LogP contribution in [0.5, 0.6) is 0 Å². The van der Waals surface area contributed by atoms with Gasteiger partial charge in [-0.15, -0.1) is 0 Å². The maximum absolute atomic E-state index is 5.92. The van der Waals surface area contributed by atoms with E-state index in [4.69, 9.17) is 11.6 Å². The van der Waals surface area contributed by atoms with E-state index in [9.17, 15) is 0 Å². The van der Waals surface area contributed by atoms with Gasteiger partial charge in [0.1, 0.15) is 5.15 Å². The van der Waals surface area contributed by atoms with E-state index in [0.29, 0.717) is 11.2 Å². The Balaban J connectivity index is 2.10. The van der Waals surface area contributed by atoms with Gasteiger partial charge in [0.05, 0.1) is 11.2 Å². The second kappa shape index (κ2) is 4.34. The fourth-order valence-corrected chi connectivity index (χ4v) is 2.47. The van der Waals surface area contributed by atoms with Crippen molar-refractivity contribution in [1.82, 2.24) is 10.3 Å². The minimum Gasteiger partial charge on any atom is -0.312 e. The van der Waals surface area contributed by atoms with E-state index in [2.05, 4.69) is 22.2 Å². The molecule has 3 rings (SSSR count). The van der Waals surface area contributed by atoms with Gasteiger partial charge < -0.3 is 5.32 Å². The number of aliphatic imine (C=N–C) groups is 1. The van der Waals surface area contributed by atoms with Crippen LogP contribution in [0.15, 0.2) is 29.3 Å². The van der Waals surface area contributed by atoms with Crippen LogP contribution in [-0.4, -0.2) is 23.8 Å². The average Bonchev–Trinajstić information content (AvgIpc) is 2.81. The molecule has 1 N–H and O–H groups in total. The number of halogens is 1. The Labute approximate surface area is 111 Å². The number of hydrogen-bond donors (Lipinski definition) is 1. The zero-order valence-corrected chi connectivity index (χ0v) is 11.1. The zero-order chi connectivity index (χ0) is 12.7. The third kappa shape index (κ3) is 1.80. The normalized spacial score (nSPS) is 15.6. The van der Waals surface area contributed by atoms with Gasteiger partial charge in [0, 0.05) is 23.6 Å². The molecular formula is C14H14ClN3. The van der Waals surface area contributed by atoms with Crippen molar-refractivity contribution in [3.8, 4) is 0 Å². The van der Waals surface area contributed by atoms with Crippen molar-refractivity contribution >= 4 is 33.9 Å². The maximum atomic E-state index is 5.92. The molecule has 3 nitrogen and oxygen atoms in total. The number of pyridine rings is 1. The highest BCUT2D eigenvalue weighted by Crippen LogP contribution is 2.33. The molecule has 0 aliphatic carbocycles. The lowest BCUT2D eigenvalue weighted by molar-refractivity contribution is 0.756.